The number of nitrogens with zero attached hydrogens (tertiary/aromatic N) is 2. The van der Waals surface area contributed by atoms with E-state index in [1.807, 2.05) is 66.4 Å². The molecule has 2 aromatic rings. The van der Waals surface area contributed by atoms with E-state index < -0.39 is 6.04 Å². The Morgan fingerprint density at radius 2 is 1.78 bits per heavy atom. The maximum atomic E-state index is 13.2. The standard InChI is InChI=1S/C22H27N3O2/c1-16-10-7-8-14-19(16)25-15-9-13-18(21(25)26)23-20(22(27)24(2)3)17-11-5-4-6-12-17/h4-8,10-12,14,18,20,23H,9,13,15H2,1-3H3. The third-order valence-corrected chi connectivity index (χ3v) is 5.03. The summed E-state index contributed by atoms with van der Waals surface area (Å²) in [5.74, 6) is -0.0231. The quantitative estimate of drug-likeness (QED) is 0.886. The van der Waals surface area contributed by atoms with Crippen LogP contribution in [0, 0.1) is 6.92 Å². The lowest BCUT2D eigenvalue weighted by Gasteiger charge is -2.35. The Balaban J connectivity index is 1.84. The lowest BCUT2D eigenvalue weighted by atomic mass is 9.99. The number of hydrogen-bond donors (Lipinski definition) is 1. The first kappa shape index (κ1) is 19.1. The molecule has 2 aromatic carbocycles. The maximum absolute atomic E-state index is 13.2. The van der Waals surface area contributed by atoms with E-state index in [9.17, 15) is 9.59 Å². The molecule has 0 aromatic heterocycles. The van der Waals surface area contributed by atoms with Crippen LogP contribution in [0.3, 0.4) is 0 Å². The van der Waals surface area contributed by atoms with Crippen molar-refractivity contribution in [2.45, 2.75) is 31.8 Å². The minimum absolute atomic E-state index is 0.0306. The molecule has 1 heterocycles. The van der Waals surface area contributed by atoms with Gasteiger partial charge in [0.1, 0.15) is 6.04 Å². The van der Waals surface area contributed by atoms with Crippen molar-refractivity contribution in [1.82, 2.24) is 10.2 Å². The molecule has 2 atom stereocenters. The molecule has 5 heteroatoms. The molecule has 1 aliphatic heterocycles. The van der Waals surface area contributed by atoms with Crippen LogP contribution < -0.4 is 10.2 Å². The maximum Gasteiger partial charge on any atom is 0.244 e. The number of likely N-dealkylation sites (N-methyl/N-ethyl adjacent to an activating group) is 1. The number of hydrogen-bond acceptors (Lipinski definition) is 3. The molecule has 27 heavy (non-hydrogen) atoms. The normalized spacial score (nSPS) is 18.3. The summed E-state index contributed by atoms with van der Waals surface area (Å²) in [6.45, 7) is 2.72. The first-order valence-corrected chi connectivity index (χ1v) is 9.38. The smallest absolute Gasteiger partial charge is 0.244 e. The molecule has 3 rings (SSSR count). The van der Waals surface area contributed by atoms with Crippen LogP contribution in [0.2, 0.25) is 0 Å². The molecule has 1 aliphatic rings. The van der Waals surface area contributed by atoms with Crippen LogP contribution in [0.5, 0.6) is 0 Å². The molecule has 0 spiro atoms. The van der Waals surface area contributed by atoms with Crippen molar-refractivity contribution < 1.29 is 9.59 Å². The molecule has 0 radical (unpaired) electrons. The van der Waals surface area contributed by atoms with E-state index in [1.54, 1.807) is 19.0 Å². The van der Waals surface area contributed by atoms with Crippen LogP contribution in [-0.4, -0.2) is 43.4 Å². The van der Waals surface area contributed by atoms with Gasteiger partial charge >= 0.3 is 0 Å². The van der Waals surface area contributed by atoms with Gasteiger partial charge < -0.3 is 9.80 Å². The van der Waals surface area contributed by atoms with Gasteiger partial charge in [0.05, 0.1) is 6.04 Å². The number of anilines is 1. The number of carbonyl (C=O) groups excluding carboxylic acids is 2. The third-order valence-electron chi connectivity index (χ3n) is 5.03. The molecular formula is C22H27N3O2. The van der Waals surface area contributed by atoms with Gasteiger partial charge in [-0.2, -0.15) is 0 Å². The van der Waals surface area contributed by atoms with Gasteiger partial charge in [-0.3, -0.25) is 14.9 Å². The summed E-state index contributed by atoms with van der Waals surface area (Å²) in [5.41, 5.74) is 2.90. The molecule has 5 nitrogen and oxygen atoms in total. The lowest BCUT2D eigenvalue weighted by Crippen LogP contribution is -2.53. The van der Waals surface area contributed by atoms with Gasteiger partial charge in [-0.25, -0.2) is 0 Å². The number of rotatable bonds is 5. The van der Waals surface area contributed by atoms with Gasteiger partial charge in [0.2, 0.25) is 11.8 Å². The molecule has 142 valence electrons. The number of para-hydroxylation sites is 1. The van der Waals surface area contributed by atoms with E-state index in [-0.39, 0.29) is 17.9 Å². The van der Waals surface area contributed by atoms with Crippen molar-refractivity contribution in [3.8, 4) is 0 Å². The summed E-state index contributed by atoms with van der Waals surface area (Å²) < 4.78 is 0. The molecule has 0 saturated carbocycles. The van der Waals surface area contributed by atoms with E-state index in [0.29, 0.717) is 6.54 Å². The topological polar surface area (TPSA) is 52.7 Å². The highest BCUT2D eigenvalue weighted by Gasteiger charge is 2.34. The SMILES string of the molecule is Cc1ccccc1N1CCCC(NC(C(=O)N(C)C)c2ccccc2)C1=O. The second-order valence-corrected chi connectivity index (χ2v) is 7.21. The number of piperidine rings is 1. The van der Waals surface area contributed by atoms with E-state index in [4.69, 9.17) is 0 Å². The van der Waals surface area contributed by atoms with Gasteiger partial charge in [0.25, 0.3) is 0 Å². The Kier molecular flexibility index (Phi) is 5.91. The zero-order valence-electron chi connectivity index (χ0n) is 16.2. The largest absolute Gasteiger partial charge is 0.347 e. The Bertz CT molecular complexity index is 804. The van der Waals surface area contributed by atoms with Gasteiger partial charge in [0, 0.05) is 26.3 Å². The number of carbonyl (C=O) groups is 2. The van der Waals surface area contributed by atoms with Gasteiger partial charge in [0.15, 0.2) is 0 Å². The van der Waals surface area contributed by atoms with E-state index in [2.05, 4.69) is 5.32 Å². The predicted octanol–water partition coefficient (Wildman–Crippen LogP) is 2.91. The monoisotopic (exact) mass is 365 g/mol. The van der Waals surface area contributed by atoms with E-state index in [1.165, 1.54) is 0 Å². The Morgan fingerprint density at radius 3 is 2.44 bits per heavy atom. The highest BCUT2D eigenvalue weighted by Crippen LogP contribution is 2.26. The fourth-order valence-corrected chi connectivity index (χ4v) is 3.55. The molecule has 0 aliphatic carbocycles. The Labute approximate surface area is 161 Å². The van der Waals surface area contributed by atoms with Gasteiger partial charge in [-0.1, -0.05) is 48.5 Å². The average Bonchev–Trinajstić information content (AvgIpc) is 2.68. The average molecular weight is 365 g/mol. The van der Waals surface area contributed by atoms with Crippen LogP contribution >= 0.6 is 0 Å². The number of aryl methyl sites for hydroxylation is 1. The van der Waals surface area contributed by atoms with Gasteiger partial charge in [-0.15, -0.1) is 0 Å². The first-order chi connectivity index (χ1) is 13.0. The van der Waals surface area contributed by atoms with Crippen LogP contribution in [0.25, 0.3) is 0 Å². The molecule has 1 fully saturated rings. The van der Waals surface area contributed by atoms with Crippen LogP contribution in [0.15, 0.2) is 54.6 Å². The lowest BCUT2D eigenvalue weighted by molar-refractivity contribution is -0.132. The van der Waals surface area contributed by atoms with E-state index >= 15 is 0 Å². The molecular weight excluding hydrogens is 338 g/mol. The summed E-state index contributed by atoms with van der Waals surface area (Å²) in [6, 6.07) is 16.6. The van der Waals surface area contributed by atoms with Crippen LogP contribution in [0.4, 0.5) is 5.69 Å². The molecule has 1 N–H and O–H groups in total. The third kappa shape index (κ3) is 4.19. The number of amides is 2. The first-order valence-electron chi connectivity index (χ1n) is 9.38. The minimum Gasteiger partial charge on any atom is -0.347 e. The predicted molar refractivity (Wildman–Crippen MR) is 108 cm³/mol. The van der Waals surface area contributed by atoms with E-state index in [0.717, 1.165) is 29.7 Å². The Morgan fingerprint density at radius 1 is 1.11 bits per heavy atom. The summed E-state index contributed by atoms with van der Waals surface area (Å²) in [6.07, 6.45) is 1.63. The second kappa shape index (κ2) is 8.35. The zero-order chi connectivity index (χ0) is 19.4. The van der Waals surface area contributed by atoms with Crippen molar-refractivity contribution in [1.29, 1.82) is 0 Å². The van der Waals surface area contributed by atoms with Crippen molar-refractivity contribution in [2.75, 3.05) is 25.5 Å². The van der Waals surface area contributed by atoms with Gasteiger partial charge in [-0.05, 0) is 37.0 Å². The zero-order valence-corrected chi connectivity index (χ0v) is 16.2. The van der Waals surface area contributed by atoms with Crippen molar-refractivity contribution in [3.63, 3.8) is 0 Å². The molecule has 2 amide bonds. The minimum atomic E-state index is -0.535. The fraction of sp³-hybridized carbons (Fsp3) is 0.364. The molecule has 2 unspecified atom stereocenters. The summed E-state index contributed by atoms with van der Waals surface area (Å²) >= 11 is 0. The fourth-order valence-electron chi connectivity index (χ4n) is 3.55. The molecule has 0 bridgehead atoms. The van der Waals surface area contributed by atoms with Crippen molar-refractivity contribution >= 4 is 17.5 Å². The summed E-state index contributed by atoms with van der Waals surface area (Å²) in [4.78, 5) is 29.4. The number of benzene rings is 2. The van der Waals surface area contributed by atoms with Crippen LogP contribution in [0.1, 0.15) is 30.0 Å². The Hall–Kier alpha value is -2.66. The summed E-state index contributed by atoms with van der Waals surface area (Å²) in [7, 11) is 3.48. The summed E-state index contributed by atoms with van der Waals surface area (Å²) in [5, 5.41) is 3.34. The van der Waals surface area contributed by atoms with Crippen molar-refractivity contribution in [2.24, 2.45) is 0 Å². The molecule has 1 saturated heterocycles. The highest BCUT2D eigenvalue weighted by molar-refractivity contribution is 5.99. The van der Waals surface area contributed by atoms with Crippen molar-refractivity contribution in [3.05, 3.63) is 65.7 Å². The number of nitrogens with one attached hydrogen (secondary N) is 1. The highest BCUT2D eigenvalue weighted by atomic mass is 16.2. The van der Waals surface area contributed by atoms with Crippen LogP contribution in [-0.2, 0) is 9.59 Å². The second-order valence-electron chi connectivity index (χ2n) is 7.21.